The number of methoxy groups -OCH3 is 1. The zero-order valence-electron chi connectivity index (χ0n) is 12.6. The summed E-state index contributed by atoms with van der Waals surface area (Å²) in [6.45, 7) is 0. The van der Waals surface area contributed by atoms with E-state index in [-0.39, 0.29) is 17.9 Å². The van der Waals surface area contributed by atoms with Crippen molar-refractivity contribution >= 4 is 11.7 Å². The number of carbonyl (C=O) groups is 1. The monoisotopic (exact) mass is 293 g/mol. The second-order valence-corrected chi connectivity index (χ2v) is 5.54. The molecule has 2 aromatic rings. The average molecular weight is 293 g/mol. The molecule has 0 amide bonds. The van der Waals surface area contributed by atoms with Crippen LogP contribution in [0.15, 0.2) is 65.7 Å². The van der Waals surface area contributed by atoms with Crippen LogP contribution in [0.3, 0.4) is 0 Å². The first-order valence-electron chi connectivity index (χ1n) is 7.52. The summed E-state index contributed by atoms with van der Waals surface area (Å²) in [5.74, 6) is -0.0134. The lowest BCUT2D eigenvalue weighted by atomic mass is 9.89. The first-order valence-corrected chi connectivity index (χ1v) is 7.52. The van der Waals surface area contributed by atoms with Crippen LogP contribution < -0.4 is 0 Å². The van der Waals surface area contributed by atoms with Crippen LogP contribution in [0.1, 0.15) is 30.0 Å². The number of ether oxygens (including phenoxy) is 1. The summed E-state index contributed by atoms with van der Waals surface area (Å²) in [7, 11) is 1.44. The minimum atomic E-state index is -0.171. The van der Waals surface area contributed by atoms with Gasteiger partial charge in [-0.25, -0.2) is 0 Å². The van der Waals surface area contributed by atoms with E-state index >= 15 is 0 Å². The summed E-state index contributed by atoms with van der Waals surface area (Å²) in [4.78, 5) is 16.6. The Morgan fingerprint density at radius 2 is 1.73 bits per heavy atom. The van der Waals surface area contributed by atoms with Crippen LogP contribution >= 0.6 is 0 Å². The highest BCUT2D eigenvalue weighted by Crippen LogP contribution is 2.38. The van der Waals surface area contributed by atoms with E-state index in [0.29, 0.717) is 6.42 Å². The van der Waals surface area contributed by atoms with E-state index in [2.05, 4.69) is 24.3 Å². The molecule has 0 saturated carbocycles. The van der Waals surface area contributed by atoms with Crippen LogP contribution in [0, 0.1) is 5.92 Å². The largest absolute Gasteiger partial charge is 0.469 e. The van der Waals surface area contributed by atoms with Crippen molar-refractivity contribution in [2.75, 3.05) is 7.11 Å². The standard InChI is InChI=1S/C19H19NO2/c1-22-18(21)13-16-12-17(14-8-4-2-5-9-14)20-19(16)15-10-6-3-7-11-15/h2-11,16,19H,12-13H2,1H3. The minimum absolute atomic E-state index is 0.0236. The number of esters is 1. The van der Waals surface area contributed by atoms with Gasteiger partial charge in [0, 0.05) is 11.6 Å². The van der Waals surface area contributed by atoms with Gasteiger partial charge in [0.05, 0.1) is 19.6 Å². The fourth-order valence-corrected chi connectivity index (χ4v) is 2.99. The van der Waals surface area contributed by atoms with E-state index in [1.54, 1.807) is 0 Å². The summed E-state index contributed by atoms with van der Waals surface area (Å²) in [6.07, 6.45) is 1.20. The predicted octanol–water partition coefficient (Wildman–Crippen LogP) is 3.80. The van der Waals surface area contributed by atoms with E-state index in [0.717, 1.165) is 23.3 Å². The maximum absolute atomic E-state index is 11.7. The van der Waals surface area contributed by atoms with Gasteiger partial charge in [0.1, 0.15) is 0 Å². The lowest BCUT2D eigenvalue weighted by Crippen LogP contribution is -2.14. The number of hydrogen-bond donors (Lipinski definition) is 0. The van der Waals surface area contributed by atoms with Crippen molar-refractivity contribution in [1.29, 1.82) is 0 Å². The molecular weight excluding hydrogens is 274 g/mol. The number of benzene rings is 2. The quantitative estimate of drug-likeness (QED) is 0.804. The maximum Gasteiger partial charge on any atom is 0.305 e. The van der Waals surface area contributed by atoms with Crippen molar-refractivity contribution in [3.05, 3.63) is 71.8 Å². The zero-order chi connectivity index (χ0) is 15.4. The molecule has 0 saturated heterocycles. The predicted molar refractivity (Wildman–Crippen MR) is 86.9 cm³/mol. The molecule has 3 rings (SSSR count). The third-order valence-electron chi connectivity index (χ3n) is 4.10. The lowest BCUT2D eigenvalue weighted by Gasteiger charge is -2.17. The SMILES string of the molecule is COC(=O)CC1CC(c2ccccc2)=NC1c1ccccc1. The summed E-state index contributed by atoms with van der Waals surface area (Å²) in [5, 5.41) is 0. The molecule has 0 spiro atoms. The number of nitrogens with zero attached hydrogens (tertiary/aromatic N) is 1. The highest BCUT2D eigenvalue weighted by atomic mass is 16.5. The Bertz CT molecular complexity index is 664. The molecule has 1 heterocycles. The molecule has 2 aromatic carbocycles. The van der Waals surface area contributed by atoms with Crippen LogP contribution in [0.2, 0.25) is 0 Å². The molecule has 0 fully saturated rings. The van der Waals surface area contributed by atoms with Gasteiger partial charge in [-0.3, -0.25) is 9.79 Å². The van der Waals surface area contributed by atoms with E-state index in [1.807, 2.05) is 36.4 Å². The Balaban J connectivity index is 1.90. The molecule has 0 aliphatic carbocycles. The Hall–Kier alpha value is -2.42. The Morgan fingerprint density at radius 3 is 2.36 bits per heavy atom. The summed E-state index contributed by atoms with van der Waals surface area (Å²) < 4.78 is 4.85. The van der Waals surface area contributed by atoms with Gasteiger partial charge in [0.25, 0.3) is 0 Å². The van der Waals surface area contributed by atoms with E-state index in [9.17, 15) is 4.79 Å². The van der Waals surface area contributed by atoms with Gasteiger partial charge in [-0.1, -0.05) is 60.7 Å². The minimum Gasteiger partial charge on any atom is -0.469 e. The number of hydrogen-bond acceptors (Lipinski definition) is 3. The van der Waals surface area contributed by atoms with Crippen molar-refractivity contribution in [2.45, 2.75) is 18.9 Å². The molecule has 0 radical (unpaired) electrons. The maximum atomic E-state index is 11.7. The van der Waals surface area contributed by atoms with Crippen LogP contribution in [0.25, 0.3) is 0 Å². The molecule has 112 valence electrons. The molecule has 3 nitrogen and oxygen atoms in total. The molecule has 3 heteroatoms. The normalized spacial score (nSPS) is 20.5. The molecule has 0 N–H and O–H groups in total. The summed E-state index contributed by atoms with van der Waals surface area (Å²) in [6, 6.07) is 20.4. The topological polar surface area (TPSA) is 38.7 Å². The van der Waals surface area contributed by atoms with E-state index in [4.69, 9.17) is 9.73 Å². The Morgan fingerprint density at radius 1 is 1.09 bits per heavy atom. The summed E-state index contributed by atoms with van der Waals surface area (Å²) in [5.41, 5.74) is 3.36. The van der Waals surface area contributed by atoms with Crippen molar-refractivity contribution < 1.29 is 9.53 Å². The van der Waals surface area contributed by atoms with E-state index < -0.39 is 0 Å². The van der Waals surface area contributed by atoms with Gasteiger partial charge in [-0.2, -0.15) is 0 Å². The van der Waals surface area contributed by atoms with Crippen molar-refractivity contribution in [3.8, 4) is 0 Å². The molecule has 2 atom stereocenters. The van der Waals surface area contributed by atoms with Crippen LogP contribution in [-0.4, -0.2) is 18.8 Å². The lowest BCUT2D eigenvalue weighted by molar-refractivity contribution is -0.141. The number of carbonyl (C=O) groups excluding carboxylic acids is 1. The van der Waals surface area contributed by atoms with Gasteiger partial charge < -0.3 is 4.74 Å². The second kappa shape index (κ2) is 6.56. The summed E-state index contributed by atoms with van der Waals surface area (Å²) >= 11 is 0. The molecule has 2 unspecified atom stereocenters. The van der Waals surface area contributed by atoms with Crippen LogP contribution in [0.4, 0.5) is 0 Å². The number of rotatable bonds is 4. The van der Waals surface area contributed by atoms with Gasteiger partial charge in [0.2, 0.25) is 0 Å². The molecule has 1 aliphatic rings. The highest BCUT2D eigenvalue weighted by molar-refractivity contribution is 6.02. The third kappa shape index (κ3) is 3.08. The smallest absolute Gasteiger partial charge is 0.305 e. The molecular formula is C19H19NO2. The van der Waals surface area contributed by atoms with Crippen molar-refractivity contribution in [1.82, 2.24) is 0 Å². The number of aliphatic imine (C=N–C) groups is 1. The molecule has 0 aromatic heterocycles. The zero-order valence-corrected chi connectivity index (χ0v) is 12.6. The molecule has 1 aliphatic heterocycles. The fourth-order valence-electron chi connectivity index (χ4n) is 2.99. The Kier molecular flexibility index (Phi) is 4.33. The van der Waals surface area contributed by atoms with Gasteiger partial charge in [-0.15, -0.1) is 0 Å². The highest BCUT2D eigenvalue weighted by Gasteiger charge is 2.32. The van der Waals surface area contributed by atoms with Gasteiger partial charge in [0.15, 0.2) is 0 Å². The van der Waals surface area contributed by atoms with Crippen LogP contribution in [0.5, 0.6) is 0 Å². The van der Waals surface area contributed by atoms with Crippen LogP contribution in [-0.2, 0) is 9.53 Å². The molecule has 0 bridgehead atoms. The third-order valence-corrected chi connectivity index (χ3v) is 4.10. The first-order chi connectivity index (χ1) is 10.8. The first kappa shape index (κ1) is 14.5. The average Bonchev–Trinajstić information content (AvgIpc) is 3.00. The van der Waals surface area contributed by atoms with Crippen molar-refractivity contribution in [3.63, 3.8) is 0 Å². The van der Waals surface area contributed by atoms with Gasteiger partial charge in [-0.05, 0) is 17.5 Å². The van der Waals surface area contributed by atoms with E-state index in [1.165, 1.54) is 7.11 Å². The fraction of sp³-hybridized carbons (Fsp3) is 0.263. The Labute approximate surface area is 130 Å². The van der Waals surface area contributed by atoms with Gasteiger partial charge >= 0.3 is 5.97 Å². The van der Waals surface area contributed by atoms with Crippen molar-refractivity contribution in [2.24, 2.45) is 10.9 Å². The second-order valence-electron chi connectivity index (χ2n) is 5.54. The molecule has 22 heavy (non-hydrogen) atoms.